The molecule has 5 heteroatoms. The van der Waals surface area contributed by atoms with Gasteiger partial charge >= 0.3 is 0 Å². The molecule has 0 unspecified atom stereocenters. The molecule has 0 spiro atoms. The third-order valence-corrected chi connectivity index (χ3v) is 5.04. The molecule has 2 N–H and O–H groups in total. The molecule has 1 aromatic rings. The van der Waals surface area contributed by atoms with Gasteiger partial charge in [0.05, 0.1) is 0 Å². The average Bonchev–Trinajstić information content (AvgIpc) is 3.49. The minimum atomic E-state index is 0.817. The standard InChI is InChI=1S/C21H34N4O/c1-2-22-21(23-11-5-15-26-17-18-8-9-18)24-12-14-25-13-10-19-6-3-4-7-20(19)16-25/h3-4,6-7,18H,2,5,8-17H2,1H3,(H2,22,23,24). The molecule has 144 valence electrons. The second-order valence-electron chi connectivity index (χ2n) is 7.35. The Hall–Kier alpha value is -1.59. The molecule has 2 aliphatic rings. The smallest absolute Gasteiger partial charge is 0.191 e. The van der Waals surface area contributed by atoms with Crippen LogP contribution in [0.1, 0.15) is 37.3 Å². The van der Waals surface area contributed by atoms with E-state index in [9.17, 15) is 0 Å². The van der Waals surface area contributed by atoms with Gasteiger partial charge in [-0.25, -0.2) is 0 Å². The molecule has 3 rings (SSSR count). The molecule has 0 atom stereocenters. The van der Waals surface area contributed by atoms with Gasteiger partial charge in [0.1, 0.15) is 0 Å². The molecule has 5 nitrogen and oxygen atoms in total. The van der Waals surface area contributed by atoms with Gasteiger partial charge in [-0.05, 0) is 49.7 Å². The molecule has 1 fully saturated rings. The van der Waals surface area contributed by atoms with E-state index >= 15 is 0 Å². The van der Waals surface area contributed by atoms with Crippen LogP contribution < -0.4 is 10.6 Å². The van der Waals surface area contributed by atoms with E-state index in [0.717, 1.165) is 77.2 Å². The SMILES string of the molecule is CCNC(=NCCCOCC1CC1)NCCN1CCc2ccccc2C1. The summed E-state index contributed by atoms with van der Waals surface area (Å²) in [7, 11) is 0. The molecule has 1 aliphatic carbocycles. The third-order valence-electron chi connectivity index (χ3n) is 5.04. The molecule has 1 aliphatic heterocycles. The van der Waals surface area contributed by atoms with Crippen molar-refractivity contribution in [1.82, 2.24) is 15.5 Å². The van der Waals surface area contributed by atoms with Crippen LogP contribution in [-0.4, -0.2) is 56.8 Å². The number of aliphatic imine (C=N–C) groups is 1. The first-order chi connectivity index (χ1) is 12.8. The van der Waals surface area contributed by atoms with E-state index in [1.165, 1.54) is 24.0 Å². The van der Waals surface area contributed by atoms with Crippen molar-refractivity contribution in [2.45, 2.75) is 39.2 Å². The molecule has 0 aromatic heterocycles. The van der Waals surface area contributed by atoms with Crippen LogP contribution in [0.3, 0.4) is 0 Å². The zero-order valence-corrected chi connectivity index (χ0v) is 16.2. The highest BCUT2D eigenvalue weighted by molar-refractivity contribution is 5.79. The van der Waals surface area contributed by atoms with Crippen molar-refractivity contribution >= 4 is 5.96 Å². The first-order valence-corrected chi connectivity index (χ1v) is 10.2. The van der Waals surface area contributed by atoms with Crippen molar-refractivity contribution < 1.29 is 4.74 Å². The number of rotatable bonds is 10. The summed E-state index contributed by atoms with van der Waals surface area (Å²) in [6.07, 6.45) is 4.86. The lowest BCUT2D eigenvalue weighted by molar-refractivity contribution is 0.123. The van der Waals surface area contributed by atoms with E-state index in [1.54, 1.807) is 0 Å². The van der Waals surface area contributed by atoms with Crippen LogP contribution in [0.5, 0.6) is 0 Å². The summed E-state index contributed by atoms with van der Waals surface area (Å²) in [4.78, 5) is 7.18. The number of ether oxygens (including phenoxy) is 1. The van der Waals surface area contributed by atoms with Gasteiger partial charge in [-0.1, -0.05) is 24.3 Å². The van der Waals surface area contributed by atoms with Crippen molar-refractivity contribution in [1.29, 1.82) is 0 Å². The topological polar surface area (TPSA) is 48.9 Å². The maximum absolute atomic E-state index is 5.67. The molecule has 0 bridgehead atoms. The lowest BCUT2D eigenvalue weighted by Crippen LogP contribution is -2.42. The molecule has 1 heterocycles. The molecule has 0 amide bonds. The lowest BCUT2D eigenvalue weighted by Gasteiger charge is -2.28. The van der Waals surface area contributed by atoms with E-state index < -0.39 is 0 Å². The van der Waals surface area contributed by atoms with Gasteiger partial charge in [0.15, 0.2) is 5.96 Å². The highest BCUT2D eigenvalue weighted by atomic mass is 16.5. The van der Waals surface area contributed by atoms with E-state index in [0.29, 0.717) is 0 Å². The number of nitrogens with one attached hydrogen (secondary N) is 2. The summed E-state index contributed by atoms with van der Waals surface area (Å²) >= 11 is 0. The first-order valence-electron chi connectivity index (χ1n) is 10.2. The zero-order valence-electron chi connectivity index (χ0n) is 16.2. The highest BCUT2D eigenvalue weighted by Gasteiger charge is 2.20. The monoisotopic (exact) mass is 358 g/mol. The Kier molecular flexibility index (Phi) is 7.77. The van der Waals surface area contributed by atoms with Crippen LogP contribution in [0.2, 0.25) is 0 Å². The number of benzene rings is 1. The molecular weight excluding hydrogens is 324 g/mol. The third kappa shape index (κ3) is 6.61. The fourth-order valence-electron chi connectivity index (χ4n) is 3.31. The second-order valence-corrected chi connectivity index (χ2v) is 7.35. The molecule has 1 aromatic carbocycles. The van der Waals surface area contributed by atoms with Gasteiger partial charge in [0.25, 0.3) is 0 Å². The molecule has 26 heavy (non-hydrogen) atoms. The fraction of sp³-hybridized carbons (Fsp3) is 0.667. The number of hydrogen-bond donors (Lipinski definition) is 2. The van der Waals surface area contributed by atoms with Crippen molar-refractivity contribution in [2.24, 2.45) is 10.9 Å². The van der Waals surface area contributed by atoms with Crippen LogP contribution in [0.4, 0.5) is 0 Å². The maximum Gasteiger partial charge on any atom is 0.191 e. The Morgan fingerprint density at radius 1 is 1.23 bits per heavy atom. The predicted octanol–water partition coefficient (Wildman–Crippen LogP) is 2.42. The Balaban J connectivity index is 1.32. The van der Waals surface area contributed by atoms with Crippen molar-refractivity contribution in [3.05, 3.63) is 35.4 Å². The number of guanidine groups is 1. The van der Waals surface area contributed by atoms with Gasteiger partial charge in [0.2, 0.25) is 0 Å². The molecule has 0 radical (unpaired) electrons. The zero-order chi connectivity index (χ0) is 18.0. The molecular formula is C21H34N4O. The van der Waals surface area contributed by atoms with E-state index in [4.69, 9.17) is 4.74 Å². The number of hydrogen-bond acceptors (Lipinski definition) is 3. The minimum Gasteiger partial charge on any atom is -0.381 e. The Labute approximate surface area is 158 Å². The van der Waals surface area contributed by atoms with Crippen LogP contribution in [0.25, 0.3) is 0 Å². The van der Waals surface area contributed by atoms with Crippen LogP contribution in [0, 0.1) is 5.92 Å². The largest absolute Gasteiger partial charge is 0.381 e. The van der Waals surface area contributed by atoms with E-state index in [-0.39, 0.29) is 0 Å². The second kappa shape index (κ2) is 10.5. The van der Waals surface area contributed by atoms with Gasteiger partial charge in [-0.15, -0.1) is 0 Å². The number of fused-ring (bicyclic) bond motifs is 1. The summed E-state index contributed by atoms with van der Waals surface area (Å²) in [6, 6.07) is 8.80. The van der Waals surface area contributed by atoms with E-state index in [2.05, 4.69) is 51.7 Å². The lowest BCUT2D eigenvalue weighted by atomic mass is 10.00. The predicted molar refractivity (Wildman–Crippen MR) is 108 cm³/mol. The van der Waals surface area contributed by atoms with Gasteiger partial charge < -0.3 is 15.4 Å². The van der Waals surface area contributed by atoms with Crippen molar-refractivity contribution in [2.75, 3.05) is 45.9 Å². The Morgan fingerprint density at radius 3 is 2.88 bits per heavy atom. The van der Waals surface area contributed by atoms with Crippen LogP contribution in [0.15, 0.2) is 29.3 Å². The fourth-order valence-corrected chi connectivity index (χ4v) is 3.31. The Bertz CT molecular complexity index is 571. The van der Waals surface area contributed by atoms with Gasteiger partial charge in [-0.2, -0.15) is 0 Å². The first kappa shape index (κ1) is 19.2. The van der Waals surface area contributed by atoms with Gasteiger partial charge in [-0.3, -0.25) is 9.89 Å². The molecule has 1 saturated carbocycles. The Morgan fingerprint density at radius 2 is 2.08 bits per heavy atom. The summed E-state index contributed by atoms with van der Waals surface area (Å²) in [5, 5.41) is 6.80. The molecule has 0 saturated heterocycles. The number of nitrogens with zero attached hydrogens (tertiary/aromatic N) is 2. The average molecular weight is 359 g/mol. The quantitative estimate of drug-likeness (QED) is 0.383. The highest BCUT2D eigenvalue weighted by Crippen LogP contribution is 2.28. The summed E-state index contributed by atoms with van der Waals surface area (Å²) < 4.78 is 5.67. The van der Waals surface area contributed by atoms with Crippen molar-refractivity contribution in [3.8, 4) is 0 Å². The van der Waals surface area contributed by atoms with Crippen LogP contribution in [-0.2, 0) is 17.7 Å². The minimum absolute atomic E-state index is 0.817. The maximum atomic E-state index is 5.67. The van der Waals surface area contributed by atoms with Gasteiger partial charge in [0, 0.05) is 52.5 Å². The van der Waals surface area contributed by atoms with Crippen molar-refractivity contribution in [3.63, 3.8) is 0 Å². The summed E-state index contributed by atoms with van der Waals surface area (Å²) in [5.41, 5.74) is 2.99. The normalized spacial score (nSPS) is 17.8. The van der Waals surface area contributed by atoms with E-state index in [1.807, 2.05) is 0 Å². The summed E-state index contributed by atoms with van der Waals surface area (Å²) in [6.45, 7) is 9.76. The van der Waals surface area contributed by atoms with Crippen LogP contribution >= 0.6 is 0 Å². The summed E-state index contributed by atoms with van der Waals surface area (Å²) in [5.74, 6) is 1.77.